The van der Waals surface area contributed by atoms with Crippen molar-refractivity contribution in [3.63, 3.8) is 0 Å². The van der Waals surface area contributed by atoms with Gasteiger partial charge in [0.25, 0.3) is 0 Å². The van der Waals surface area contributed by atoms with Gasteiger partial charge < -0.3 is 0 Å². The SMILES string of the molecule is O=P1(F)OCC2OP(=O)(F)OCC2O1. The smallest absolute Gasteiger partial charge is 0.281 e. The maximum atomic E-state index is 12.7. The van der Waals surface area contributed by atoms with Crippen molar-refractivity contribution in [2.45, 2.75) is 12.2 Å². The van der Waals surface area contributed by atoms with Gasteiger partial charge in [0.05, 0.1) is 13.2 Å². The molecule has 2 heterocycles. The molecule has 0 aromatic carbocycles. The van der Waals surface area contributed by atoms with E-state index < -0.39 is 41.2 Å². The van der Waals surface area contributed by atoms with E-state index in [1.807, 2.05) is 0 Å². The normalized spacial score (nSPS) is 53.9. The topological polar surface area (TPSA) is 71.1 Å². The number of halogens is 2. The summed E-state index contributed by atoms with van der Waals surface area (Å²) in [5, 5.41) is 0. The Morgan fingerprint density at radius 1 is 0.929 bits per heavy atom. The van der Waals surface area contributed by atoms with E-state index in [2.05, 4.69) is 18.1 Å². The lowest BCUT2D eigenvalue weighted by Gasteiger charge is -2.35. The van der Waals surface area contributed by atoms with Gasteiger partial charge in [0.1, 0.15) is 12.2 Å². The van der Waals surface area contributed by atoms with E-state index in [-0.39, 0.29) is 0 Å². The maximum absolute atomic E-state index is 12.7. The Labute approximate surface area is 77.8 Å². The minimum absolute atomic E-state index is 0.476. The van der Waals surface area contributed by atoms with Crippen molar-refractivity contribution in [2.75, 3.05) is 13.2 Å². The number of rotatable bonds is 0. The third-order valence-corrected chi connectivity index (χ3v) is 3.68. The molecule has 2 saturated heterocycles. The van der Waals surface area contributed by atoms with E-state index >= 15 is 0 Å². The summed E-state index contributed by atoms with van der Waals surface area (Å²) < 4.78 is 63.5. The van der Waals surface area contributed by atoms with Gasteiger partial charge in [0.2, 0.25) is 0 Å². The van der Waals surface area contributed by atoms with Crippen LogP contribution in [0.15, 0.2) is 0 Å². The lowest BCUT2D eigenvalue weighted by molar-refractivity contribution is -0.0899. The highest BCUT2D eigenvalue weighted by Gasteiger charge is 2.48. The monoisotopic (exact) mass is 250 g/mol. The van der Waals surface area contributed by atoms with E-state index in [4.69, 9.17) is 0 Å². The highest BCUT2D eigenvalue weighted by atomic mass is 31.2. The Morgan fingerprint density at radius 2 is 1.29 bits per heavy atom. The van der Waals surface area contributed by atoms with Crippen molar-refractivity contribution >= 4 is 15.8 Å². The van der Waals surface area contributed by atoms with Gasteiger partial charge in [-0.05, 0) is 0 Å². The first-order valence-electron chi connectivity index (χ1n) is 3.63. The van der Waals surface area contributed by atoms with E-state index in [1.54, 1.807) is 0 Å². The van der Waals surface area contributed by atoms with Crippen LogP contribution in [0.25, 0.3) is 0 Å². The molecule has 4 unspecified atom stereocenters. The Kier molecular flexibility index (Phi) is 2.54. The highest BCUT2D eigenvalue weighted by Crippen LogP contribution is 2.60. The molecular weight excluding hydrogens is 244 g/mol. The molecule has 6 nitrogen and oxygen atoms in total. The molecule has 10 heteroatoms. The minimum Gasteiger partial charge on any atom is -0.281 e. The number of fused-ring (bicyclic) bond motifs is 1. The molecule has 0 N–H and O–H groups in total. The van der Waals surface area contributed by atoms with Crippen LogP contribution in [-0.2, 0) is 27.2 Å². The Hall–Kier alpha value is 0.160. The maximum Gasteiger partial charge on any atom is 0.513 e. The molecule has 82 valence electrons. The van der Waals surface area contributed by atoms with E-state index in [0.717, 1.165) is 0 Å². The van der Waals surface area contributed by atoms with Crippen molar-refractivity contribution in [3.05, 3.63) is 0 Å². The summed E-state index contributed by atoms with van der Waals surface area (Å²) >= 11 is 0. The molecular formula is C4H6F2O6P2. The van der Waals surface area contributed by atoms with Gasteiger partial charge in [-0.3, -0.25) is 18.1 Å². The third-order valence-electron chi connectivity index (χ3n) is 1.72. The van der Waals surface area contributed by atoms with Crippen molar-refractivity contribution in [1.82, 2.24) is 0 Å². The molecule has 0 saturated carbocycles. The molecule has 2 fully saturated rings. The average Bonchev–Trinajstić information content (AvgIpc) is 2.04. The van der Waals surface area contributed by atoms with Crippen molar-refractivity contribution in [1.29, 1.82) is 0 Å². The van der Waals surface area contributed by atoms with Crippen LogP contribution in [0.1, 0.15) is 0 Å². The molecule has 0 aromatic heterocycles. The summed E-state index contributed by atoms with van der Waals surface area (Å²) in [5.41, 5.74) is 0. The van der Waals surface area contributed by atoms with Crippen molar-refractivity contribution in [2.24, 2.45) is 0 Å². The van der Waals surface area contributed by atoms with Crippen LogP contribution in [-0.4, -0.2) is 25.4 Å². The van der Waals surface area contributed by atoms with E-state index in [9.17, 15) is 17.5 Å². The Morgan fingerprint density at radius 3 is 1.64 bits per heavy atom. The quantitative estimate of drug-likeness (QED) is 0.612. The molecule has 0 spiro atoms. The second-order valence-corrected chi connectivity index (χ2v) is 5.40. The van der Waals surface area contributed by atoms with Crippen LogP contribution in [0, 0.1) is 0 Å². The fourth-order valence-electron chi connectivity index (χ4n) is 1.12. The first-order valence-corrected chi connectivity index (χ1v) is 6.50. The predicted octanol–water partition coefficient (Wildman–Crippen LogP) is 1.97. The zero-order valence-corrected chi connectivity index (χ0v) is 8.46. The Bertz CT molecular complexity index is 302. The van der Waals surface area contributed by atoms with Crippen LogP contribution >= 0.6 is 15.8 Å². The summed E-state index contributed by atoms with van der Waals surface area (Å²) in [6, 6.07) is 0. The van der Waals surface area contributed by atoms with Gasteiger partial charge in [0, 0.05) is 0 Å². The zero-order valence-electron chi connectivity index (χ0n) is 6.67. The van der Waals surface area contributed by atoms with Crippen molar-refractivity contribution in [3.8, 4) is 0 Å². The fraction of sp³-hybridized carbons (Fsp3) is 1.00. The molecule has 0 aliphatic carbocycles. The standard InChI is InChI=1S/C4H6F2O6P2/c5-13(7)9-1-3-4(12-13)2-10-14(6,8)11-3/h3-4H,1-2H2. The zero-order chi connectivity index (χ0) is 10.4. The second-order valence-electron chi connectivity index (χ2n) is 2.74. The van der Waals surface area contributed by atoms with Crippen LogP contribution in [0.5, 0.6) is 0 Å². The summed E-state index contributed by atoms with van der Waals surface area (Å²) in [5.74, 6) is 0. The molecule has 2 aliphatic rings. The van der Waals surface area contributed by atoms with Gasteiger partial charge >= 0.3 is 15.8 Å². The molecule has 0 radical (unpaired) electrons. The third kappa shape index (κ3) is 2.21. The van der Waals surface area contributed by atoms with Crippen LogP contribution in [0.2, 0.25) is 0 Å². The summed E-state index contributed by atoms with van der Waals surface area (Å²) in [7, 11) is -9.18. The lowest BCUT2D eigenvalue weighted by Crippen LogP contribution is -2.43. The molecule has 2 rings (SSSR count). The van der Waals surface area contributed by atoms with Gasteiger partial charge in [-0.1, -0.05) is 0 Å². The Balaban J connectivity index is 2.09. The van der Waals surface area contributed by atoms with Crippen LogP contribution in [0.4, 0.5) is 8.39 Å². The average molecular weight is 250 g/mol. The van der Waals surface area contributed by atoms with E-state index in [1.165, 1.54) is 0 Å². The first kappa shape index (κ1) is 10.7. The molecule has 0 amide bonds. The van der Waals surface area contributed by atoms with Gasteiger partial charge in [-0.15, -0.1) is 8.39 Å². The molecule has 14 heavy (non-hydrogen) atoms. The summed E-state index contributed by atoms with van der Waals surface area (Å²) in [6.07, 6.45) is -2.12. The summed E-state index contributed by atoms with van der Waals surface area (Å²) in [6.45, 7) is -0.953. The first-order chi connectivity index (χ1) is 6.38. The van der Waals surface area contributed by atoms with Crippen LogP contribution < -0.4 is 0 Å². The molecule has 2 aliphatic heterocycles. The largest absolute Gasteiger partial charge is 0.513 e. The van der Waals surface area contributed by atoms with Gasteiger partial charge in [0.15, 0.2) is 0 Å². The number of hydrogen-bond donors (Lipinski definition) is 0. The van der Waals surface area contributed by atoms with Crippen LogP contribution in [0.3, 0.4) is 0 Å². The molecule has 0 aromatic rings. The lowest BCUT2D eigenvalue weighted by atomic mass is 10.2. The minimum atomic E-state index is -4.59. The second kappa shape index (κ2) is 3.33. The summed E-state index contributed by atoms with van der Waals surface area (Å²) in [4.78, 5) is 0. The fourth-order valence-corrected chi connectivity index (χ4v) is 2.93. The van der Waals surface area contributed by atoms with E-state index in [0.29, 0.717) is 0 Å². The predicted molar refractivity (Wildman–Crippen MR) is 39.1 cm³/mol. The molecule has 0 bridgehead atoms. The van der Waals surface area contributed by atoms with Gasteiger partial charge in [-0.25, -0.2) is 9.13 Å². The highest BCUT2D eigenvalue weighted by molar-refractivity contribution is 7.48. The number of hydrogen-bond acceptors (Lipinski definition) is 6. The molecule has 4 atom stereocenters. The van der Waals surface area contributed by atoms with Gasteiger partial charge in [-0.2, -0.15) is 0 Å². The van der Waals surface area contributed by atoms with Crippen molar-refractivity contribution < 1.29 is 35.6 Å².